The molecular formula is C20H24O3. The molecule has 1 fully saturated rings. The van der Waals surface area contributed by atoms with Crippen molar-refractivity contribution in [3.8, 4) is 0 Å². The molecule has 0 radical (unpaired) electrons. The van der Waals surface area contributed by atoms with E-state index in [-0.39, 0.29) is 23.3 Å². The van der Waals surface area contributed by atoms with Crippen LogP contribution in [0.5, 0.6) is 0 Å². The topological polar surface area (TPSA) is 43.4 Å². The minimum atomic E-state index is -0.172. The molecule has 1 saturated carbocycles. The number of hydrogen-bond acceptors (Lipinski definition) is 3. The molecule has 0 aromatic rings. The number of ether oxygens (including phenoxy) is 1. The van der Waals surface area contributed by atoms with E-state index in [1.807, 2.05) is 6.08 Å². The summed E-state index contributed by atoms with van der Waals surface area (Å²) in [4.78, 5) is 23.1. The highest BCUT2D eigenvalue weighted by molar-refractivity contribution is 5.93. The molecule has 4 aliphatic carbocycles. The maximum atomic E-state index is 11.7. The first kappa shape index (κ1) is 14.9. The summed E-state index contributed by atoms with van der Waals surface area (Å²) >= 11 is 0. The van der Waals surface area contributed by atoms with Crippen LogP contribution in [0, 0.1) is 17.3 Å². The van der Waals surface area contributed by atoms with Crippen LogP contribution >= 0.6 is 0 Å². The largest absolute Gasteiger partial charge is 0.462 e. The molecule has 0 saturated heterocycles. The van der Waals surface area contributed by atoms with Crippen LogP contribution in [0.25, 0.3) is 0 Å². The molecule has 23 heavy (non-hydrogen) atoms. The zero-order valence-corrected chi connectivity index (χ0v) is 13.9. The van der Waals surface area contributed by atoms with E-state index in [1.165, 1.54) is 23.6 Å². The van der Waals surface area contributed by atoms with E-state index >= 15 is 0 Å². The number of fused-ring (bicyclic) bond motifs is 4. The van der Waals surface area contributed by atoms with Crippen LogP contribution in [0.15, 0.2) is 34.9 Å². The van der Waals surface area contributed by atoms with Crippen molar-refractivity contribution < 1.29 is 14.3 Å². The average molecular weight is 312 g/mol. The second-order valence-electron chi connectivity index (χ2n) is 7.70. The van der Waals surface area contributed by atoms with Gasteiger partial charge in [-0.3, -0.25) is 9.59 Å². The summed E-state index contributed by atoms with van der Waals surface area (Å²) in [6.07, 6.45) is 12.2. The Kier molecular flexibility index (Phi) is 3.36. The van der Waals surface area contributed by atoms with Crippen LogP contribution < -0.4 is 0 Å². The van der Waals surface area contributed by atoms with Crippen LogP contribution in [0.4, 0.5) is 0 Å². The zero-order valence-electron chi connectivity index (χ0n) is 13.9. The predicted octanol–water partition coefficient (Wildman–Crippen LogP) is 3.90. The molecule has 3 heteroatoms. The maximum Gasteiger partial charge on any atom is 0.302 e. The van der Waals surface area contributed by atoms with Crippen molar-refractivity contribution in [2.75, 3.05) is 0 Å². The van der Waals surface area contributed by atoms with Crippen molar-refractivity contribution in [1.82, 2.24) is 0 Å². The van der Waals surface area contributed by atoms with Crippen molar-refractivity contribution in [2.45, 2.75) is 58.5 Å². The third-order valence-electron chi connectivity index (χ3n) is 6.47. The Hall–Kier alpha value is -1.64. The fourth-order valence-electron chi connectivity index (χ4n) is 5.36. The van der Waals surface area contributed by atoms with Crippen molar-refractivity contribution in [3.05, 3.63) is 34.9 Å². The standard InChI is InChI=1S/C20H24O3/c1-12(21)23-19-8-7-18-17-5-3-13-11-14(22)4-6-15(13)16(17)9-10-20(18,19)2/h9-11,17-19H,3-8H2,1-2H3/t17-,18+,19-,20+/m1/s1. The minimum Gasteiger partial charge on any atom is -0.462 e. The first-order valence-corrected chi connectivity index (χ1v) is 8.82. The number of carbonyl (C=O) groups excluding carboxylic acids is 2. The lowest BCUT2D eigenvalue weighted by Gasteiger charge is -2.45. The van der Waals surface area contributed by atoms with Gasteiger partial charge < -0.3 is 4.74 Å². The highest BCUT2D eigenvalue weighted by Crippen LogP contribution is 2.57. The summed E-state index contributed by atoms with van der Waals surface area (Å²) in [5.74, 6) is 1.22. The lowest BCUT2D eigenvalue weighted by molar-refractivity contribution is -0.150. The molecule has 122 valence electrons. The van der Waals surface area contributed by atoms with Crippen molar-refractivity contribution in [2.24, 2.45) is 17.3 Å². The van der Waals surface area contributed by atoms with E-state index in [1.54, 1.807) is 0 Å². The number of hydrogen-bond donors (Lipinski definition) is 0. The Labute approximate surface area is 137 Å². The van der Waals surface area contributed by atoms with Gasteiger partial charge in [-0.05, 0) is 66.7 Å². The number of rotatable bonds is 1. The number of esters is 1. The van der Waals surface area contributed by atoms with Crippen molar-refractivity contribution in [3.63, 3.8) is 0 Å². The van der Waals surface area contributed by atoms with Crippen LogP contribution in [0.2, 0.25) is 0 Å². The number of carbonyl (C=O) groups is 2. The lowest BCUT2D eigenvalue weighted by atomic mass is 9.60. The van der Waals surface area contributed by atoms with Gasteiger partial charge in [0.25, 0.3) is 0 Å². The number of allylic oxidation sites excluding steroid dienone is 5. The third-order valence-corrected chi connectivity index (χ3v) is 6.47. The summed E-state index contributed by atoms with van der Waals surface area (Å²) in [6, 6.07) is 0. The highest BCUT2D eigenvalue weighted by atomic mass is 16.5. The Morgan fingerprint density at radius 3 is 2.83 bits per heavy atom. The first-order chi connectivity index (χ1) is 11.0. The Morgan fingerprint density at radius 2 is 2.04 bits per heavy atom. The van der Waals surface area contributed by atoms with Crippen molar-refractivity contribution in [1.29, 1.82) is 0 Å². The van der Waals surface area contributed by atoms with Crippen LogP contribution in [0.3, 0.4) is 0 Å². The average Bonchev–Trinajstić information content (AvgIpc) is 2.83. The second kappa shape index (κ2) is 5.19. The molecule has 0 N–H and O–H groups in total. The molecule has 3 nitrogen and oxygen atoms in total. The SMILES string of the molecule is CC(=O)O[C@@H]1CC[C@H]2[C@@H]3CCC4=CC(=O)CCC4=C3C=C[C@]12C. The molecule has 0 aromatic heterocycles. The van der Waals surface area contributed by atoms with E-state index < -0.39 is 0 Å². The molecule has 4 rings (SSSR count). The van der Waals surface area contributed by atoms with Crippen LogP contribution in [-0.2, 0) is 14.3 Å². The molecule has 0 spiro atoms. The van der Waals surface area contributed by atoms with E-state index in [2.05, 4.69) is 19.1 Å². The molecule has 0 amide bonds. The van der Waals surface area contributed by atoms with E-state index in [0.717, 1.165) is 32.1 Å². The summed E-state index contributed by atoms with van der Waals surface area (Å²) in [6.45, 7) is 3.76. The molecule has 0 aromatic carbocycles. The van der Waals surface area contributed by atoms with Gasteiger partial charge in [0.2, 0.25) is 0 Å². The normalized spacial score (nSPS) is 38.6. The van der Waals surface area contributed by atoms with E-state index in [0.29, 0.717) is 18.3 Å². The monoisotopic (exact) mass is 312 g/mol. The van der Waals surface area contributed by atoms with E-state index in [9.17, 15) is 9.59 Å². The summed E-state index contributed by atoms with van der Waals surface area (Å²) < 4.78 is 5.62. The second-order valence-corrected chi connectivity index (χ2v) is 7.70. The van der Waals surface area contributed by atoms with Crippen molar-refractivity contribution >= 4 is 11.8 Å². The molecule has 0 aliphatic heterocycles. The van der Waals surface area contributed by atoms with Crippen LogP contribution in [0.1, 0.15) is 52.4 Å². The van der Waals surface area contributed by atoms with Gasteiger partial charge in [0.05, 0.1) is 0 Å². The molecule has 0 bridgehead atoms. The molecule has 4 aliphatic rings. The first-order valence-electron chi connectivity index (χ1n) is 8.82. The quantitative estimate of drug-likeness (QED) is 0.690. The van der Waals surface area contributed by atoms with Crippen LogP contribution in [-0.4, -0.2) is 17.9 Å². The molecule has 0 unspecified atom stereocenters. The molecule has 4 atom stereocenters. The Morgan fingerprint density at radius 1 is 1.22 bits per heavy atom. The van der Waals surface area contributed by atoms with Gasteiger partial charge in [0.1, 0.15) is 6.10 Å². The Balaban J connectivity index is 1.73. The lowest BCUT2D eigenvalue weighted by Crippen LogP contribution is -2.40. The summed E-state index contributed by atoms with van der Waals surface area (Å²) in [5.41, 5.74) is 4.12. The summed E-state index contributed by atoms with van der Waals surface area (Å²) in [5, 5.41) is 0. The highest BCUT2D eigenvalue weighted by Gasteiger charge is 2.53. The minimum absolute atomic E-state index is 0.0117. The predicted molar refractivity (Wildman–Crippen MR) is 87.6 cm³/mol. The fourth-order valence-corrected chi connectivity index (χ4v) is 5.36. The smallest absolute Gasteiger partial charge is 0.302 e. The van der Waals surface area contributed by atoms with Gasteiger partial charge >= 0.3 is 5.97 Å². The van der Waals surface area contributed by atoms with E-state index in [4.69, 9.17) is 4.74 Å². The van der Waals surface area contributed by atoms with Gasteiger partial charge in [0.15, 0.2) is 5.78 Å². The van der Waals surface area contributed by atoms with Gasteiger partial charge in [0, 0.05) is 18.8 Å². The maximum absolute atomic E-state index is 11.7. The third kappa shape index (κ3) is 2.24. The Bertz CT molecular complexity index is 666. The van der Waals surface area contributed by atoms with Gasteiger partial charge in [-0.15, -0.1) is 0 Å². The molecule has 0 heterocycles. The fraction of sp³-hybridized carbons (Fsp3) is 0.600. The van der Waals surface area contributed by atoms with Gasteiger partial charge in [-0.2, -0.15) is 0 Å². The molecular weight excluding hydrogens is 288 g/mol. The van der Waals surface area contributed by atoms with Gasteiger partial charge in [-0.1, -0.05) is 19.1 Å². The number of ketones is 1. The van der Waals surface area contributed by atoms with Gasteiger partial charge in [-0.25, -0.2) is 0 Å². The zero-order chi connectivity index (χ0) is 16.2. The summed E-state index contributed by atoms with van der Waals surface area (Å²) in [7, 11) is 0.